The van der Waals surface area contributed by atoms with E-state index in [-0.39, 0.29) is 18.3 Å². The van der Waals surface area contributed by atoms with Gasteiger partial charge >= 0.3 is 0 Å². The zero-order valence-corrected chi connectivity index (χ0v) is 15.0. The van der Waals surface area contributed by atoms with Crippen LogP contribution in [0.1, 0.15) is 32.1 Å². The van der Waals surface area contributed by atoms with Crippen molar-refractivity contribution in [2.75, 3.05) is 5.32 Å². The van der Waals surface area contributed by atoms with Crippen LogP contribution in [0.2, 0.25) is 0 Å². The minimum atomic E-state index is 0. The van der Waals surface area contributed by atoms with E-state index in [2.05, 4.69) is 27.8 Å². The lowest BCUT2D eigenvalue weighted by atomic mass is 9.89. The Kier molecular flexibility index (Phi) is 5.54. The largest absolute Gasteiger partial charge is 0.311 e. The summed E-state index contributed by atoms with van der Waals surface area (Å²) in [5, 5.41) is 7.30. The van der Waals surface area contributed by atoms with Gasteiger partial charge in [-0.25, -0.2) is 4.98 Å². The summed E-state index contributed by atoms with van der Waals surface area (Å²) in [5.74, 6) is 0.618. The number of hydrogen-bond acceptors (Lipinski definition) is 4. The van der Waals surface area contributed by atoms with E-state index in [0.29, 0.717) is 29.6 Å². The molecule has 128 valence electrons. The van der Waals surface area contributed by atoms with Gasteiger partial charge in [0.15, 0.2) is 5.13 Å². The van der Waals surface area contributed by atoms with Crippen LogP contribution in [0.15, 0.2) is 36.5 Å². The number of amides is 1. The minimum absolute atomic E-state index is 0. The van der Waals surface area contributed by atoms with Gasteiger partial charge in [0.25, 0.3) is 0 Å². The maximum absolute atomic E-state index is 12.3. The maximum Gasteiger partial charge on any atom is 0.226 e. The van der Waals surface area contributed by atoms with E-state index in [1.54, 1.807) is 0 Å². The number of hydrogen-bond donors (Lipinski definition) is 2. The van der Waals surface area contributed by atoms with Crippen LogP contribution in [-0.4, -0.2) is 23.0 Å². The number of fused-ring (bicyclic) bond motifs is 2. The van der Waals surface area contributed by atoms with E-state index in [0.717, 1.165) is 23.3 Å². The number of nitrogens with zero attached hydrogens (tertiary/aromatic N) is 1. The minimum Gasteiger partial charge on any atom is -0.311 e. The van der Waals surface area contributed by atoms with E-state index in [1.807, 2.05) is 24.4 Å². The third kappa shape index (κ3) is 3.97. The first-order valence-corrected chi connectivity index (χ1v) is 9.15. The summed E-state index contributed by atoms with van der Waals surface area (Å²) in [4.78, 5) is 17.7. The third-order valence-corrected chi connectivity index (χ3v) is 5.82. The summed E-state index contributed by atoms with van der Waals surface area (Å²) >= 11 is 1.53. The first kappa shape index (κ1) is 17.4. The predicted octanol–water partition coefficient (Wildman–Crippen LogP) is 4.09. The molecule has 1 aromatic heterocycles. The number of benzene rings is 1. The van der Waals surface area contributed by atoms with E-state index < -0.39 is 0 Å². The first-order valence-electron chi connectivity index (χ1n) is 8.33. The number of carbonyl (C=O) groups excluding carboxylic acids is 1. The fraction of sp³-hybridized carbons (Fsp3) is 0.444. The van der Waals surface area contributed by atoms with Crippen LogP contribution in [0.25, 0.3) is 10.4 Å². The summed E-state index contributed by atoms with van der Waals surface area (Å²) in [7, 11) is 0. The molecular weight excluding hydrogens is 342 g/mol. The fourth-order valence-electron chi connectivity index (χ4n) is 3.84. The lowest BCUT2D eigenvalue weighted by Crippen LogP contribution is -2.39. The molecule has 2 atom stereocenters. The van der Waals surface area contributed by atoms with Gasteiger partial charge in [-0.05, 0) is 37.2 Å². The summed E-state index contributed by atoms with van der Waals surface area (Å²) in [6.07, 6.45) is 7.27. The second-order valence-corrected chi connectivity index (χ2v) is 7.65. The SMILES string of the molecule is Cl.O=C(CC1CC2CCC(C1)N2)Nc1ncc(-c2ccccc2)s1. The molecule has 2 bridgehead atoms. The Morgan fingerprint density at radius 3 is 2.62 bits per heavy atom. The average molecular weight is 364 g/mol. The lowest BCUT2D eigenvalue weighted by Gasteiger charge is -2.28. The molecule has 2 N–H and O–H groups in total. The van der Waals surface area contributed by atoms with Gasteiger partial charge < -0.3 is 10.6 Å². The smallest absolute Gasteiger partial charge is 0.226 e. The molecule has 0 aliphatic carbocycles. The molecule has 1 amide bonds. The summed E-state index contributed by atoms with van der Waals surface area (Å²) in [5.41, 5.74) is 1.14. The molecule has 4 nitrogen and oxygen atoms in total. The number of carbonyl (C=O) groups is 1. The van der Waals surface area contributed by atoms with Crippen LogP contribution in [0.3, 0.4) is 0 Å². The van der Waals surface area contributed by atoms with Crippen LogP contribution < -0.4 is 10.6 Å². The number of halogens is 1. The zero-order valence-electron chi connectivity index (χ0n) is 13.4. The summed E-state index contributed by atoms with van der Waals surface area (Å²) in [6, 6.07) is 11.4. The van der Waals surface area contributed by atoms with Gasteiger partial charge in [0.1, 0.15) is 0 Å². The highest BCUT2D eigenvalue weighted by molar-refractivity contribution is 7.19. The highest BCUT2D eigenvalue weighted by Crippen LogP contribution is 2.33. The van der Waals surface area contributed by atoms with E-state index in [9.17, 15) is 4.79 Å². The van der Waals surface area contributed by atoms with Crippen molar-refractivity contribution in [3.8, 4) is 10.4 Å². The Bertz CT molecular complexity index is 679. The van der Waals surface area contributed by atoms with E-state index in [4.69, 9.17) is 0 Å². The second-order valence-electron chi connectivity index (χ2n) is 6.62. The van der Waals surface area contributed by atoms with Gasteiger partial charge in [-0.15, -0.1) is 12.4 Å². The standard InChI is InChI=1S/C18H21N3OS.ClH/c22-17(10-12-8-14-6-7-15(9-12)20-14)21-18-19-11-16(23-18)13-4-2-1-3-5-13;/h1-5,11-12,14-15,20H,6-10H2,(H,19,21,22);1H. The molecule has 2 aromatic rings. The molecule has 0 saturated carbocycles. The maximum atomic E-state index is 12.3. The molecule has 6 heteroatoms. The molecular formula is C18H22ClN3OS. The molecule has 2 saturated heterocycles. The van der Waals surface area contributed by atoms with Crippen molar-refractivity contribution >= 4 is 34.8 Å². The highest BCUT2D eigenvalue weighted by Gasteiger charge is 2.34. The zero-order chi connectivity index (χ0) is 15.6. The van der Waals surface area contributed by atoms with Crippen molar-refractivity contribution in [1.29, 1.82) is 0 Å². The molecule has 3 heterocycles. The lowest BCUT2D eigenvalue weighted by molar-refractivity contribution is -0.117. The number of anilines is 1. The van der Waals surface area contributed by atoms with Crippen molar-refractivity contribution in [3.63, 3.8) is 0 Å². The Morgan fingerprint density at radius 1 is 1.21 bits per heavy atom. The van der Waals surface area contributed by atoms with Gasteiger partial charge in [0.05, 0.1) is 4.88 Å². The monoisotopic (exact) mass is 363 g/mol. The van der Waals surface area contributed by atoms with Gasteiger partial charge in [0, 0.05) is 24.7 Å². The molecule has 0 spiro atoms. The molecule has 24 heavy (non-hydrogen) atoms. The fourth-order valence-corrected chi connectivity index (χ4v) is 4.68. The van der Waals surface area contributed by atoms with Gasteiger partial charge in [-0.2, -0.15) is 0 Å². The molecule has 4 rings (SSSR count). The second kappa shape index (κ2) is 7.64. The highest BCUT2D eigenvalue weighted by atomic mass is 35.5. The van der Waals surface area contributed by atoms with Crippen molar-refractivity contribution in [3.05, 3.63) is 36.5 Å². The molecule has 2 fully saturated rings. The number of aromatic nitrogens is 1. The molecule has 1 aromatic carbocycles. The normalized spacial score (nSPS) is 25.1. The van der Waals surface area contributed by atoms with Crippen molar-refractivity contribution < 1.29 is 4.79 Å². The van der Waals surface area contributed by atoms with Crippen LogP contribution >= 0.6 is 23.7 Å². The van der Waals surface area contributed by atoms with E-state index in [1.165, 1.54) is 24.2 Å². The quantitative estimate of drug-likeness (QED) is 0.860. The number of nitrogens with one attached hydrogen (secondary N) is 2. The van der Waals surface area contributed by atoms with Crippen molar-refractivity contribution in [2.24, 2.45) is 5.92 Å². The van der Waals surface area contributed by atoms with Gasteiger partial charge in [-0.1, -0.05) is 41.7 Å². The van der Waals surface area contributed by atoms with Crippen LogP contribution in [0.5, 0.6) is 0 Å². The molecule has 2 aliphatic rings. The van der Waals surface area contributed by atoms with Crippen LogP contribution in [0, 0.1) is 5.92 Å². The average Bonchev–Trinajstić information content (AvgIpc) is 3.15. The van der Waals surface area contributed by atoms with Gasteiger partial charge in [-0.3, -0.25) is 4.79 Å². The summed E-state index contributed by atoms with van der Waals surface area (Å²) < 4.78 is 0. The molecule has 2 aliphatic heterocycles. The Morgan fingerprint density at radius 2 is 1.92 bits per heavy atom. The van der Waals surface area contributed by atoms with E-state index >= 15 is 0 Å². The Labute approximate surface area is 152 Å². The van der Waals surface area contributed by atoms with Crippen molar-refractivity contribution in [1.82, 2.24) is 10.3 Å². The molecule has 0 radical (unpaired) electrons. The predicted molar refractivity (Wildman–Crippen MR) is 101 cm³/mol. The Hall–Kier alpha value is -1.43. The Balaban J connectivity index is 0.00000169. The number of rotatable bonds is 4. The summed E-state index contributed by atoms with van der Waals surface area (Å²) in [6.45, 7) is 0. The molecule has 2 unspecified atom stereocenters. The van der Waals surface area contributed by atoms with Crippen LogP contribution in [-0.2, 0) is 4.79 Å². The number of thiazole rings is 1. The number of piperidine rings is 1. The third-order valence-electron chi connectivity index (χ3n) is 4.86. The van der Waals surface area contributed by atoms with Crippen molar-refractivity contribution in [2.45, 2.75) is 44.2 Å². The van der Waals surface area contributed by atoms with Gasteiger partial charge in [0.2, 0.25) is 5.91 Å². The first-order chi connectivity index (χ1) is 11.3. The van der Waals surface area contributed by atoms with Crippen LogP contribution in [0.4, 0.5) is 5.13 Å². The topological polar surface area (TPSA) is 54.0 Å².